The molecule has 2 aromatic carbocycles. The van der Waals surface area contributed by atoms with Crippen LogP contribution in [0.25, 0.3) is 0 Å². The van der Waals surface area contributed by atoms with E-state index in [4.69, 9.17) is 0 Å². The number of aliphatic hydroxyl groups is 1. The number of pyridine rings is 1. The van der Waals surface area contributed by atoms with Crippen LogP contribution in [0.3, 0.4) is 0 Å². The zero-order valence-electron chi connectivity index (χ0n) is 22.1. The van der Waals surface area contributed by atoms with Crippen LogP contribution in [0.4, 0.5) is 30.7 Å². The third-order valence-electron chi connectivity index (χ3n) is 7.12. The fourth-order valence-corrected chi connectivity index (χ4v) is 4.92. The lowest BCUT2D eigenvalue weighted by Gasteiger charge is -2.41. The van der Waals surface area contributed by atoms with E-state index in [0.29, 0.717) is 23.3 Å². The molecule has 0 fully saturated rings. The maximum atomic E-state index is 13.8. The van der Waals surface area contributed by atoms with Crippen LogP contribution in [0, 0.1) is 11.7 Å². The molecule has 42 heavy (non-hydrogen) atoms. The van der Waals surface area contributed by atoms with Gasteiger partial charge in [0.2, 0.25) is 5.91 Å². The van der Waals surface area contributed by atoms with Crippen LogP contribution >= 0.6 is 0 Å². The number of nitrogens with one attached hydrogen (secondary N) is 1. The number of hydrogen-bond donors (Lipinski definition) is 2. The molecule has 0 saturated heterocycles. The molecule has 6 nitrogen and oxygen atoms in total. The molecule has 0 bridgehead atoms. The summed E-state index contributed by atoms with van der Waals surface area (Å²) in [5, 5.41) is 11.9. The molecule has 0 aliphatic carbocycles. The minimum atomic E-state index is -5.07. The molecule has 0 radical (unpaired) electrons. The zero-order chi connectivity index (χ0) is 30.8. The fourth-order valence-electron chi connectivity index (χ4n) is 4.92. The van der Waals surface area contributed by atoms with Gasteiger partial charge >= 0.3 is 12.4 Å². The van der Waals surface area contributed by atoms with Crippen LogP contribution in [0.2, 0.25) is 0 Å². The van der Waals surface area contributed by atoms with Crippen LogP contribution < -0.4 is 5.32 Å². The first-order valence-corrected chi connectivity index (χ1v) is 12.9. The van der Waals surface area contributed by atoms with Crippen molar-refractivity contribution in [3.05, 3.63) is 100 Å². The van der Waals surface area contributed by atoms with E-state index in [1.807, 2.05) is 0 Å². The average Bonchev–Trinajstić information content (AvgIpc) is 2.94. The quantitative estimate of drug-likeness (QED) is 0.334. The SMILES string of the molecule is CC(CO)CCN1C(=O)c2cnccc2C(c2ccc(F)cc2)[C@@H]1C(=O)NCc1cc(C(F)(F)F)cc(C(F)(F)F)c1. The number of aliphatic hydroxyl groups excluding tert-OH is 1. The number of amides is 2. The zero-order valence-corrected chi connectivity index (χ0v) is 22.1. The Hall–Kier alpha value is -4.00. The molecule has 1 aliphatic heterocycles. The number of hydrogen-bond acceptors (Lipinski definition) is 4. The van der Waals surface area contributed by atoms with Crippen LogP contribution in [0.15, 0.2) is 60.9 Å². The Morgan fingerprint density at radius 3 is 2.21 bits per heavy atom. The first-order chi connectivity index (χ1) is 19.7. The summed E-state index contributed by atoms with van der Waals surface area (Å²) in [5.41, 5.74) is -2.49. The van der Waals surface area contributed by atoms with E-state index in [2.05, 4.69) is 10.3 Å². The second kappa shape index (κ2) is 12.1. The Kier molecular flexibility index (Phi) is 8.90. The summed E-state index contributed by atoms with van der Waals surface area (Å²) in [5.74, 6) is -3.10. The molecule has 4 rings (SSSR count). The molecule has 1 aliphatic rings. The third kappa shape index (κ3) is 6.72. The van der Waals surface area contributed by atoms with Gasteiger partial charge in [0.1, 0.15) is 11.9 Å². The van der Waals surface area contributed by atoms with Gasteiger partial charge in [-0.05, 0) is 65.4 Å². The number of nitrogens with zero attached hydrogens (tertiary/aromatic N) is 2. The van der Waals surface area contributed by atoms with E-state index in [1.54, 1.807) is 6.92 Å². The van der Waals surface area contributed by atoms with Crippen molar-refractivity contribution < 1.29 is 45.4 Å². The molecule has 2 heterocycles. The first kappa shape index (κ1) is 30.9. The Morgan fingerprint density at radius 1 is 1.02 bits per heavy atom. The van der Waals surface area contributed by atoms with Crippen LogP contribution in [-0.4, -0.2) is 46.0 Å². The molecule has 2 amide bonds. The Labute approximate surface area is 236 Å². The Bertz CT molecular complexity index is 1410. The molecule has 224 valence electrons. The smallest absolute Gasteiger partial charge is 0.396 e. The van der Waals surface area contributed by atoms with Gasteiger partial charge in [-0.1, -0.05) is 19.1 Å². The largest absolute Gasteiger partial charge is 0.416 e. The van der Waals surface area contributed by atoms with Crippen LogP contribution in [-0.2, 0) is 23.7 Å². The topological polar surface area (TPSA) is 82.5 Å². The molecule has 2 N–H and O–H groups in total. The van der Waals surface area contributed by atoms with E-state index < -0.39 is 65.2 Å². The number of fused-ring (bicyclic) bond motifs is 1. The number of benzene rings is 2. The Morgan fingerprint density at radius 2 is 1.64 bits per heavy atom. The average molecular weight is 598 g/mol. The minimum absolute atomic E-state index is 0.00748. The van der Waals surface area contributed by atoms with Crippen molar-refractivity contribution in [3.8, 4) is 0 Å². The summed E-state index contributed by atoms with van der Waals surface area (Å²) in [7, 11) is 0. The van der Waals surface area contributed by atoms with Gasteiger partial charge in [0, 0.05) is 38.0 Å². The van der Waals surface area contributed by atoms with Gasteiger partial charge in [-0.15, -0.1) is 0 Å². The van der Waals surface area contributed by atoms with Gasteiger partial charge < -0.3 is 15.3 Å². The summed E-state index contributed by atoms with van der Waals surface area (Å²) < 4.78 is 93.9. The number of halogens is 7. The summed E-state index contributed by atoms with van der Waals surface area (Å²) in [4.78, 5) is 32.6. The summed E-state index contributed by atoms with van der Waals surface area (Å²) in [6, 6.07) is 6.43. The van der Waals surface area contributed by atoms with E-state index in [0.717, 1.165) is 0 Å². The highest BCUT2D eigenvalue weighted by molar-refractivity contribution is 6.01. The highest BCUT2D eigenvalue weighted by Gasteiger charge is 2.44. The van der Waals surface area contributed by atoms with Crippen molar-refractivity contribution in [1.29, 1.82) is 0 Å². The van der Waals surface area contributed by atoms with E-state index in [9.17, 15) is 45.4 Å². The van der Waals surface area contributed by atoms with E-state index >= 15 is 0 Å². The monoisotopic (exact) mass is 597 g/mol. The van der Waals surface area contributed by atoms with E-state index in [1.165, 1.54) is 47.6 Å². The molecule has 2 unspecified atom stereocenters. The molecule has 0 saturated carbocycles. The number of alkyl halides is 6. The standard InChI is InChI=1S/C29H26F7N3O3/c1-16(15-40)7-9-39-25(24(18-2-4-21(30)5-3-18)22-6-8-37-14-23(22)27(39)42)26(41)38-13-17-10-19(28(31,32)33)12-20(11-17)29(34,35)36/h2-6,8,10-12,14,16,24-25,40H,7,9,13,15H2,1H3,(H,38,41)/t16?,24?,25-/m1/s1. The molecule has 3 aromatic rings. The van der Waals surface area contributed by atoms with Gasteiger partial charge in [0.25, 0.3) is 5.91 Å². The summed E-state index contributed by atoms with van der Waals surface area (Å²) >= 11 is 0. The van der Waals surface area contributed by atoms with Crippen molar-refractivity contribution in [2.45, 2.75) is 44.2 Å². The van der Waals surface area contributed by atoms with Crippen LogP contribution in [0.1, 0.15) is 57.4 Å². The number of carbonyl (C=O) groups excluding carboxylic acids is 2. The van der Waals surface area contributed by atoms with Crippen molar-refractivity contribution in [2.75, 3.05) is 13.2 Å². The highest BCUT2D eigenvalue weighted by atomic mass is 19.4. The highest BCUT2D eigenvalue weighted by Crippen LogP contribution is 2.39. The van der Waals surface area contributed by atoms with Gasteiger partial charge in [-0.25, -0.2) is 4.39 Å². The number of aromatic nitrogens is 1. The normalized spacial score (nSPS) is 18.0. The molecular formula is C29H26F7N3O3. The number of carbonyl (C=O) groups is 2. The lowest BCUT2D eigenvalue weighted by Crippen LogP contribution is -2.56. The predicted molar refractivity (Wildman–Crippen MR) is 136 cm³/mol. The third-order valence-corrected chi connectivity index (χ3v) is 7.12. The van der Waals surface area contributed by atoms with Gasteiger partial charge in [0.15, 0.2) is 0 Å². The second-order valence-electron chi connectivity index (χ2n) is 10.1. The van der Waals surface area contributed by atoms with Gasteiger partial charge in [-0.3, -0.25) is 14.6 Å². The maximum absolute atomic E-state index is 13.8. The molecule has 0 spiro atoms. The Balaban J connectivity index is 1.75. The van der Waals surface area contributed by atoms with Gasteiger partial charge in [-0.2, -0.15) is 26.3 Å². The summed E-state index contributed by atoms with van der Waals surface area (Å²) in [6.45, 7) is 0.820. The lowest BCUT2D eigenvalue weighted by molar-refractivity contribution is -0.143. The second-order valence-corrected chi connectivity index (χ2v) is 10.1. The maximum Gasteiger partial charge on any atom is 0.416 e. The fraction of sp³-hybridized carbons (Fsp3) is 0.345. The number of rotatable bonds is 8. The summed E-state index contributed by atoms with van der Waals surface area (Å²) in [6.07, 6.45) is -7.13. The predicted octanol–water partition coefficient (Wildman–Crippen LogP) is 5.55. The van der Waals surface area contributed by atoms with Crippen molar-refractivity contribution >= 4 is 11.8 Å². The van der Waals surface area contributed by atoms with Crippen molar-refractivity contribution in [2.24, 2.45) is 5.92 Å². The minimum Gasteiger partial charge on any atom is -0.396 e. The molecule has 13 heteroatoms. The molecule has 3 atom stereocenters. The van der Waals surface area contributed by atoms with Gasteiger partial charge in [0.05, 0.1) is 16.7 Å². The van der Waals surface area contributed by atoms with E-state index in [-0.39, 0.29) is 37.1 Å². The lowest BCUT2D eigenvalue weighted by atomic mass is 9.78. The van der Waals surface area contributed by atoms with Crippen molar-refractivity contribution in [1.82, 2.24) is 15.2 Å². The molecule has 1 aromatic heterocycles. The molecular weight excluding hydrogens is 571 g/mol. The van der Waals surface area contributed by atoms with Crippen molar-refractivity contribution in [3.63, 3.8) is 0 Å². The first-order valence-electron chi connectivity index (χ1n) is 12.9. The van der Waals surface area contributed by atoms with Crippen LogP contribution in [0.5, 0.6) is 0 Å².